The molecule has 0 aromatic carbocycles. The number of carbonyl (C=O) groups is 3. The number of esters is 3. The third-order valence-corrected chi connectivity index (χ3v) is 12.7. The molecule has 72 heavy (non-hydrogen) atoms. The van der Waals surface area contributed by atoms with Crippen LogP contribution in [0.4, 0.5) is 0 Å². The van der Waals surface area contributed by atoms with Crippen molar-refractivity contribution in [1.29, 1.82) is 0 Å². The van der Waals surface area contributed by atoms with Crippen molar-refractivity contribution in [2.45, 2.75) is 277 Å². The van der Waals surface area contributed by atoms with E-state index in [2.05, 4.69) is 130 Å². The highest BCUT2D eigenvalue weighted by molar-refractivity contribution is 5.71. The van der Waals surface area contributed by atoms with Gasteiger partial charge in [-0.2, -0.15) is 0 Å². The average Bonchev–Trinajstić information content (AvgIpc) is 3.38. The zero-order valence-electron chi connectivity index (χ0n) is 46.9. The van der Waals surface area contributed by atoms with E-state index in [1.54, 1.807) is 0 Å². The molecule has 6 heteroatoms. The van der Waals surface area contributed by atoms with Crippen LogP contribution in [-0.4, -0.2) is 37.2 Å². The summed E-state index contributed by atoms with van der Waals surface area (Å²) in [5.74, 6) is -0.952. The Bertz CT molecular complexity index is 1470. The highest BCUT2D eigenvalue weighted by atomic mass is 16.6. The second kappa shape index (κ2) is 59.6. The molecule has 0 spiro atoms. The molecular weight excluding hydrogens is 889 g/mol. The lowest BCUT2D eigenvalue weighted by atomic mass is 10.1. The van der Waals surface area contributed by atoms with Crippen LogP contribution in [0.5, 0.6) is 0 Å². The Kier molecular flexibility index (Phi) is 56.4. The zero-order chi connectivity index (χ0) is 52.2. The second-order valence-electron chi connectivity index (χ2n) is 19.7. The van der Waals surface area contributed by atoms with Crippen LogP contribution in [0.1, 0.15) is 271 Å². The van der Waals surface area contributed by atoms with Crippen LogP contribution in [0.3, 0.4) is 0 Å². The second-order valence-corrected chi connectivity index (χ2v) is 19.7. The highest BCUT2D eigenvalue weighted by Gasteiger charge is 2.19. The Morgan fingerprint density at radius 3 is 0.847 bits per heavy atom. The molecule has 1 atom stereocenters. The van der Waals surface area contributed by atoms with Crippen molar-refractivity contribution in [3.05, 3.63) is 109 Å². The van der Waals surface area contributed by atoms with Crippen LogP contribution >= 0.6 is 0 Å². The van der Waals surface area contributed by atoms with Crippen molar-refractivity contribution in [2.75, 3.05) is 13.2 Å². The molecule has 0 radical (unpaired) electrons. The molecule has 0 bridgehead atoms. The molecule has 410 valence electrons. The Morgan fingerprint density at radius 1 is 0.278 bits per heavy atom. The van der Waals surface area contributed by atoms with E-state index in [0.29, 0.717) is 19.3 Å². The molecule has 0 aromatic heterocycles. The van der Waals surface area contributed by atoms with Crippen LogP contribution in [0.2, 0.25) is 0 Å². The summed E-state index contributed by atoms with van der Waals surface area (Å²) in [5.41, 5.74) is 0. The first-order valence-corrected chi connectivity index (χ1v) is 30.0. The maximum atomic E-state index is 12.9. The molecule has 0 aromatic rings. The van der Waals surface area contributed by atoms with Crippen LogP contribution in [0, 0.1) is 0 Å². The van der Waals surface area contributed by atoms with E-state index >= 15 is 0 Å². The SMILES string of the molecule is CCCCC\C=C/C=C\C=C/C=C\CCCCCCCC(=O)OCC(COC(=O)CCCCCCC/C=C\CCCCCCCCCCC)OC(=O)CCCCCCC\C=C/C=C\C=C/C=C\CCCCC. The summed E-state index contributed by atoms with van der Waals surface area (Å²) in [6, 6.07) is 0. The van der Waals surface area contributed by atoms with Gasteiger partial charge in [-0.1, -0.05) is 265 Å². The fourth-order valence-electron chi connectivity index (χ4n) is 8.11. The van der Waals surface area contributed by atoms with Crippen LogP contribution in [0.25, 0.3) is 0 Å². The number of unbranched alkanes of at least 4 members (excludes halogenated alkanes) is 30. The molecular formula is C66H110O6. The number of hydrogen-bond donors (Lipinski definition) is 0. The maximum Gasteiger partial charge on any atom is 0.306 e. The number of allylic oxidation sites excluding steroid dienone is 18. The smallest absolute Gasteiger partial charge is 0.306 e. The summed E-state index contributed by atoms with van der Waals surface area (Å²) < 4.78 is 16.9. The van der Waals surface area contributed by atoms with Crippen molar-refractivity contribution in [3.63, 3.8) is 0 Å². The lowest BCUT2D eigenvalue weighted by Gasteiger charge is -2.18. The van der Waals surface area contributed by atoms with Gasteiger partial charge in [0.1, 0.15) is 13.2 Å². The first-order valence-electron chi connectivity index (χ1n) is 30.0. The molecule has 0 saturated carbocycles. The topological polar surface area (TPSA) is 78.9 Å². The van der Waals surface area contributed by atoms with Gasteiger partial charge in [0, 0.05) is 19.3 Å². The Hall–Kier alpha value is -3.93. The zero-order valence-corrected chi connectivity index (χ0v) is 46.9. The molecule has 0 saturated heterocycles. The van der Waals surface area contributed by atoms with Gasteiger partial charge in [0.2, 0.25) is 0 Å². The lowest BCUT2D eigenvalue weighted by molar-refractivity contribution is -0.167. The third-order valence-electron chi connectivity index (χ3n) is 12.7. The van der Waals surface area contributed by atoms with Gasteiger partial charge in [-0.25, -0.2) is 0 Å². The number of hydrogen-bond acceptors (Lipinski definition) is 6. The third kappa shape index (κ3) is 57.0. The number of carbonyl (C=O) groups excluding carboxylic acids is 3. The van der Waals surface area contributed by atoms with Gasteiger partial charge in [0.05, 0.1) is 0 Å². The monoisotopic (exact) mass is 999 g/mol. The van der Waals surface area contributed by atoms with Gasteiger partial charge in [0.25, 0.3) is 0 Å². The quantitative estimate of drug-likeness (QED) is 0.0199. The van der Waals surface area contributed by atoms with E-state index in [-0.39, 0.29) is 31.1 Å². The molecule has 6 nitrogen and oxygen atoms in total. The molecule has 0 aliphatic carbocycles. The standard InChI is InChI=1S/C66H110O6/c1-4-7-10-13-16-19-22-25-28-31-34-37-40-43-46-49-52-55-58-64(67)70-61-63(72-66(69)60-57-54-51-48-45-42-39-36-33-30-27-24-21-18-15-12-9-6-3)62-71-65(68)59-56-53-50-47-44-41-38-35-32-29-26-23-20-17-14-11-8-5-2/h16,18-19,21-22,24-25,27-28,30-31,33-39,63H,4-15,17,20,23,26,29,32,40-62H2,1-3H3/b19-16-,21-18-,25-22-,27-24-,31-28-,33-30-,37-34-,38-35-,39-36-. The molecule has 0 rings (SSSR count). The van der Waals surface area contributed by atoms with Crippen molar-refractivity contribution >= 4 is 17.9 Å². The normalized spacial score (nSPS) is 12.9. The molecule has 0 heterocycles. The molecule has 0 fully saturated rings. The summed E-state index contributed by atoms with van der Waals surface area (Å²) in [4.78, 5) is 38.2. The first kappa shape index (κ1) is 68.1. The summed E-state index contributed by atoms with van der Waals surface area (Å²) in [5, 5.41) is 0. The fraction of sp³-hybridized carbons (Fsp3) is 0.682. The molecule has 0 amide bonds. The minimum absolute atomic E-state index is 0.101. The predicted molar refractivity (Wildman–Crippen MR) is 311 cm³/mol. The van der Waals surface area contributed by atoms with Gasteiger partial charge in [0.15, 0.2) is 6.10 Å². The predicted octanol–water partition coefficient (Wildman–Crippen LogP) is 20.3. The lowest BCUT2D eigenvalue weighted by Crippen LogP contribution is -2.30. The largest absolute Gasteiger partial charge is 0.462 e. The Balaban J connectivity index is 4.51. The van der Waals surface area contributed by atoms with Gasteiger partial charge in [-0.15, -0.1) is 0 Å². The summed E-state index contributed by atoms with van der Waals surface area (Å²) in [6.07, 6.45) is 80.7. The van der Waals surface area contributed by atoms with E-state index in [1.165, 1.54) is 109 Å². The van der Waals surface area contributed by atoms with E-state index < -0.39 is 6.10 Å². The van der Waals surface area contributed by atoms with Crippen LogP contribution in [-0.2, 0) is 28.6 Å². The van der Waals surface area contributed by atoms with Gasteiger partial charge in [-0.05, 0) is 96.3 Å². The van der Waals surface area contributed by atoms with Crippen molar-refractivity contribution in [2.24, 2.45) is 0 Å². The molecule has 1 unspecified atom stereocenters. The summed E-state index contributed by atoms with van der Waals surface area (Å²) in [7, 11) is 0. The maximum absolute atomic E-state index is 12.9. The molecule has 0 aliphatic heterocycles. The van der Waals surface area contributed by atoms with Gasteiger partial charge < -0.3 is 14.2 Å². The molecule has 0 N–H and O–H groups in total. The van der Waals surface area contributed by atoms with E-state index in [4.69, 9.17) is 14.2 Å². The van der Waals surface area contributed by atoms with Crippen molar-refractivity contribution in [3.8, 4) is 0 Å². The van der Waals surface area contributed by atoms with Crippen molar-refractivity contribution in [1.82, 2.24) is 0 Å². The Morgan fingerprint density at radius 2 is 0.514 bits per heavy atom. The Labute approximate surface area is 444 Å². The van der Waals surface area contributed by atoms with Crippen LogP contribution < -0.4 is 0 Å². The van der Waals surface area contributed by atoms with E-state index in [9.17, 15) is 14.4 Å². The number of ether oxygens (including phenoxy) is 3. The first-order chi connectivity index (χ1) is 35.5. The minimum atomic E-state index is -0.807. The van der Waals surface area contributed by atoms with E-state index in [0.717, 1.165) is 122 Å². The number of rotatable bonds is 53. The summed E-state index contributed by atoms with van der Waals surface area (Å²) >= 11 is 0. The van der Waals surface area contributed by atoms with Gasteiger partial charge in [-0.3, -0.25) is 14.4 Å². The van der Waals surface area contributed by atoms with Crippen LogP contribution in [0.15, 0.2) is 109 Å². The van der Waals surface area contributed by atoms with Gasteiger partial charge >= 0.3 is 17.9 Å². The fourth-order valence-corrected chi connectivity index (χ4v) is 8.11. The summed E-state index contributed by atoms with van der Waals surface area (Å²) in [6.45, 7) is 6.53. The highest BCUT2D eigenvalue weighted by Crippen LogP contribution is 2.14. The van der Waals surface area contributed by atoms with E-state index in [1.807, 2.05) is 0 Å². The molecule has 0 aliphatic rings. The van der Waals surface area contributed by atoms with Crippen molar-refractivity contribution < 1.29 is 28.6 Å². The minimum Gasteiger partial charge on any atom is -0.462 e. The average molecular weight is 1000 g/mol.